The molecule has 0 spiro atoms. The van der Waals surface area contributed by atoms with Gasteiger partial charge in [-0.25, -0.2) is 0 Å². The lowest BCUT2D eigenvalue weighted by Gasteiger charge is -2.35. The highest BCUT2D eigenvalue weighted by atomic mass is 16.6. The van der Waals surface area contributed by atoms with E-state index in [1.807, 2.05) is 6.07 Å². The van der Waals surface area contributed by atoms with Crippen molar-refractivity contribution in [3.8, 4) is 0 Å². The van der Waals surface area contributed by atoms with Gasteiger partial charge in [0.15, 0.2) is 0 Å². The fourth-order valence-corrected chi connectivity index (χ4v) is 2.67. The summed E-state index contributed by atoms with van der Waals surface area (Å²) in [7, 11) is 0. The zero-order valence-corrected chi connectivity index (χ0v) is 11.3. The molecule has 1 saturated heterocycles. The van der Waals surface area contributed by atoms with Crippen molar-refractivity contribution in [2.75, 3.05) is 26.2 Å². The average Bonchev–Trinajstić information content (AvgIpc) is 2.46. The zero-order chi connectivity index (χ0) is 13.7. The molecule has 1 aromatic carbocycles. The van der Waals surface area contributed by atoms with Gasteiger partial charge in [0.25, 0.3) is 5.69 Å². The molecule has 0 saturated carbocycles. The average molecular weight is 263 g/mol. The molecular formula is C14H21N3O2. The lowest BCUT2D eigenvalue weighted by molar-refractivity contribution is -0.385. The normalized spacial score (nSPS) is 18.2. The van der Waals surface area contributed by atoms with Gasteiger partial charge in [-0.15, -0.1) is 0 Å². The molecule has 0 amide bonds. The minimum absolute atomic E-state index is 0.189. The number of nitrogens with one attached hydrogen (secondary N) is 1. The Kier molecular flexibility index (Phi) is 4.87. The van der Waals surface area contributed by atoms with Gasteiger partial charge < -0.3 is 5.32 Å². The highest BCUT2D eigenvalue weighted by Crippen LogP contribution is 2.28. The van der Waals surface area contributed by atoms with E-state index >= 15 is 0 Å². The Hall–Kier alpha value is -1.46. The first kappa shape index (κ1) is 14.0. The molecule has 1 N–H and O–H groups in total. The summed E-state index contributed by atoms with van der Waals surface area (Å²) in [5, 5.41) is 14.2. The van der Waals surface area contributed by atoms with E-state index < -0.39 is 0 Å². The molecule has 5 heteroatoms. The molecule has 1 aromatic rings. The molecule has 1 aliphatic rings. The summed E-state index contributed by atoms with van der Waals surface area (Å²) in [4.78, 5) is 13.0. The van der Waals surface area contributed by atoms with Crippen LogP contribution in [0.2, 0.25) is 0 Å². The molecule has 1 aliphatic heterocycles. The number of non-ortho nitro benzene ring substituents is 1. The Balaban J connectivity index is 2.22. The molecule has 104 valence electrons. The Morgan fingerprint density at radius 1 is 1.42 bits per heavy atom. The van der Waals surface area contributed by atoms with Crippen molar-refractivity contribution in [1.82, 2.24) is 10.2 Å². The van der Waals surface area contributed by atoms with Crippen molar-refractivity contribution in [1.29, 1.82) is 0 Å². The van der Waals surface area contributed by atoms with E-state index in [0.29, 0.717) is 6.04 Å². The van der Waals surface area contributed by atoms with Crippen LogP contribution in [0.15, 0.2) is 24.3 Å². The van der Waals surface area contributed by atoms with Crippen LogP contribution in [-0.2, 0) is 0 Å². The van der Waals surface area contributed by atoms with E-state index in [1.54, 1.807) is 18.2 Å². The van der Waals surface area contributed by atoms with Gasteiger partial charge >= 0.3 is 0 Å². The maximum absolute atomic E-state index is 10.9. The summed E-state index contributed by atoms with van der Waals surface area (Å²) in [6.45, 7) is 6.16. The summed E-state index contributed by atoms with van der Waals surface area (Å²) >= 11 is 0. The first-order valence-corrected chi connectivity index (χ1v) is 6.91. The van der Waals surface area contributed by atoms with Gasteiger partial charge in [0.1, 0.15) is 0 Å². The number of rotatable bonds is 5. The fraction of sp³-hybridized carbons (Fsp3) is 0.571. The molecule has 19 heavy (non-hydrogen) atoms. The van der Waals surface area contributed by atoms with Crippen LogP contribution in [0.1, 0.15) is 31.4 Å². The molecule has 1 fully saturated rings. The second-order valence-electron chi connectivity index (χ2n) is 4.94. The van der Waals surface area contributed by atoms with Gasteiger partial charge in [0, 0.05) is 44.4 Å². The number of benzene rings is 1. The number of nitrogens with zero attached hydrogens (tertiary/aromatic N) is 2. The van der Waals surface area contributed by atoms with Crippen LogP contribution in [-0.4, -0.2) is 36.0 Å². The maximum atomic E-state index is 10.9. The number of nitro groups is 1. The standard InChI is InChI=1S/C14H21N3O2/c1-2-4-14(16-9-7-15-8-10-16)12-5-3-6-13(11-12)17(18)19/h3,5-6,11,14-15H,2,4,7-10H2,1H3/t14-/m0/s1. The van der Waals surface area contributed by atoms with E-state index in [4.69, 9.17) is 0 Å². The molecule has 1 atom stereocenters. The third-order valence-electron chi connectivity index (χ3n) is 3.62. The lowest BCUT2D eigenvalue weighted by atomic mass is 9.99. The van der Waals surface area contributed by atoms with E-state index in [-0.39, 0.29) is 10.6 Å². The Bertz CT molecular complexity index is 430. The third kappa shape index (κ3) is 3.52. The summed E-state index contributed by atoms with van der Waals surface area (Å²) in [5.41, 5.74) is 1.26. The molecule has 0 bridgehead atoms. The van der Waals surface area contributed by atoms with E-state index in [1.165, 1.54) is 0 Å². The van der Waals surface area contributed by atoms with Crippen molar-refractivity contribution >= 4 is 5.69 Å². The number of hydrogen-bond donors (Lipinski definition) is 1. The molecule has 5 nitrogen and oxygen atoms in total. The molecule has 0 aliphatic carbocycles. The van der Waals surface area contributed by atoms with Gasteiger partial charge in [-0.1, -0.05) is 25.5 Å². The molecule has 0 unspecified atom stereocenters. The van der Waals surface area contributed by atoms with Gasteiger partial charge in [-0.05, 0) is 12.0 Å². The molecule has 0 radical (unpaired) electrons. The Morgan fingerprint density at radius 2 is 2.16 bits per heavy atom. The second-order valence-corrected chi connectivity index (χ2v) is 4.94. The van der Waals surface area contributed by atoms with E-state index in [2.05, 4.69) is 17.1 Å². The van der Waals surface area contributed by atoms with Crippen LogP contribution in [0, 0.1) is 10.1 Å². The van der Waals surface area contributed by atoms with Crippen LogP contribution >= 0.6 is 0 Å². The lowest BCUT2D eigenvalue weighted by Crippen LogP contribution is -2.45. The number of nitro benzene ring substituents is 1. The predicted molar refractivity (Wildman–Crippen MR) is 75.2 cm³/mol. The van der Waals surface area contributed by atoms with Crippen molar-refractivity contribution in [2.45, 2.75) is 25.8 Å². The Labute approximate surface area is 113 Å². The first-order chi connectivity index (χ1) is 9.22. The van der Waals surface area contributed by atoms with Gasteiger partial charge in [0.05, 0.1) is 4.92 Å². The molecule has 1 heterocycles. The van der Waals surface area contributed by atoms with Crippen LogP contribution in [0.4, 0.5) is 5.69 Å². The van der Waals surface area contributed by atoms with Crippen LogP contribution in [0.25, 0.3) is 0 Å². The van der Waals surface area contributed by atoms with Crippen LogP contribution in [0.5, 0.6) is 0 Å². The number of hydrogen-bond acceptors (Lipinski definition) is 4. The quantitative estimate of drug-likeness (QED) is 0.654. The number of piperazine rings is 1. The van der Waals surface area contributed by atoms with Crippen molar-refractivity contribution in [3.05, 3.63) is 39.9 Å². The van der Waals surface area contributed by atoms with Crippen LogP contribution < -0.4 is 5.32 Å². The van der Waals surface area contributed by atoms with Gasteiger partial charge in [-0.3, -0.25) is 15.0 Å². The highest BCUT2D eigenvalue weighted by Gasteiger charge is 2.22. The summed E-state index contributed by atoms with van der Waals surface area (Å²) in [6.07, 6.45) is 2.12. The minimum Gasteiger partial charge on any atom is -0.314 e. The SMILES string of the molecule is CCC[C@@H](c1cccc([N+](=O)[O-])c1)N1CCNCC1. The molecule has 2 rings (SSSR count). The van der Waals surface area contributed by atoms with Gasteiger partial charge in [-0.2, -0.15) is 0 Å². The third-order valence-corrected chi connectivity index (χ3v) is 3.62. The highest BCUT2D eigenvalue weighted by molar-refractivity contribution is 5.35. The van der Waals surface area contributed by atoms with Crippen molar-refractivity contribution < 1.29 is 4.92 Å². The maximum Gasteiger partial charge on any atom is 0.269 e. The molecular weight excluding hydrogens is 242 g/mol. The largest absolute Gasteiger partial charge is 0.314 e. The Morgan fingerprint density at radius 3 is 2.79 bits per heavy atom. The van der Waals surface area contributed by atoms with Gasteiger partial charge in [0.2, 0.25) is 0 Å². The summed E-state index contributed by atoms with van der Waals surface area (Å²) in [5.74, 6) is 0. The monoisotopic (exact) mass is 263 g/mol. The van der Waals surface area contributed by atoms with Crippen LogP contribution in [0.3, 0.4) is 0 Å². The summed E-state index contributed by atoms with van der Waals surface area (Å²) in [6, 6.07) is 7.38. The van der Waals surface area contributed by atoms with E-state index in [9.17, 15) is 10.1 Å². The predicted octanol–water partition coefficient (Wildman–Crippen LogP) is 2.34. The minimum atomic E-state index is -0.315. The topological polar surface area (TPSA) is 58.4 Å². The van der Waals surface area contributed by atoms with Crippen molar-refractivity contribution in [3.63, 3.8) is 0 Å². The van der Waals surface area contributed by atoms with Crippen molar-refractivity contribution in [2.24, 2.45) is 0 Å². The smallest absolute Gasteiger partial charge is 0.269 e. The fourth-order valence-electron chi connectivity index (χ4n) is 2.67. The summed E-state index contributed by atoms with van der Waals surface area (Å²) < 4.78 is 0. The molecule has 0 aromatic heterocycles. The second kappa shape index (κ2) is 6.63. The first-order valence-electron chi connectivity index (χ1n) is 6.91. The van der Waals surface area contributed by atoms with E-state index in [0.717, 1.165) is 44.6 Å². The zero-order valence-electron chi connectivity index (χ0n) is 11.3.